The summed E-state index contributed by atoms with van der Waals surface area (Å²) in [6, 6.07) is 11.2. The summed E-state index contributed by atoms with van der Waals surface area (Å²) in [4.78, 5) is 1.03. The van der Waals surface area contributed by atoms with Gasteiger partial charge in [0.1, 0.15) is 19.0 Å². The molecule has 0 atom stereocenters. The van der Waals surface area contributed by atoms with Gasteiger partial charge >= 0.3 is 0 Å². The maximum atomic E-state index is 9.46. The van der Waals surface area contributed by atoms with Gasteiger partial charge in [0.05, 0.1) is 0 Å². The van der Waals surface area contributed by atoms with Crippen LogP contribution in [0.2, 0.25) is 0 Å². The highest BCUT2D eigenvalue weighted by Gasteiger charge is 2.14. The van der Waals surface area contributed by atoms with Gasteiger partial charge in [-0.25, -0.2) is 0 Å². The van der Waals surface area contributed by atoms with E-state index in [1.165, 1.54) is 0 Å². The van der Waals surface area contributed by atoms with E-state index in [2.05, 4.69) is 15.9 Å². The molecule has 0 amide bonds. The van der Waals surface area contributed by atoms with Crippen LogP contribution < -0.4 is 9.47 Å². The second kappa shape index (κ2) is 5.97. The minimum atomic E-state index is 0.288. The fraction of sp³-hybridized carbons (Fsp3) is 0.200. The maximum Gasteiger partial charge on any atom is 0.162 e. The third-order valence-corrected chi connectivity index (χ3v) is 4.70. The highest BCUT2D eigenvalue weighted by molar-refractivity contribution is 9.10. The highest BCUT2D eigenvalue weighted by Crippen LogP contribution is 2.38. The van der Waals surface area contributed by atoms with Crippen molar-refractivity contribution in [1.29, 1.82) is 0 Å². The van der Waals surface area contributed by atoms with Gasteiger partial charge in [0.15, 0.2) is 11.5 Å². The summed E-state index contributed by atoms with van der Waals surface area (Å²) in [6.07, 6.45) is 0. The van der Waals surface area contributed by atoms with Crippen LogP contribution in [0.3, 0.4) is 0 Å². The molecule has 0 fully saturated rings. The van der Waals surface area contributed by atoms with E-state index in [4.69, 9.17) is 9.47 Å². The summed E-state index contributed by atoms with van der Waals surface area (Å²) < 4.78 is 12.1. The van der Waals surface area contributed by atoms with Crippen LogP contribution in [0.4, 0.5) is 0 Å². The van der Waals surface area contributed by atoms with E-state index in [-0.39, 0.29) is 5.75 Å². The quantitative estimate of drug-likeness (QED) is 0.839. The van der Waals surface area contributed by atoms with Crippen LogP contribution in [0.5, 0.6) is 17.2 Å². The van der Waals surface area contributed by atoms with Crippen molar-refractivity contribution < 1.29 is 14.6 Å². The van der Waals surface area contributed by atoms with Crippen molar-refractivity contribution in [3.05, 3.63) is 46.4 Å². The predicted molar refractivity (Wildman–Crippen MR) is 82.8 cm³/mol. The van der Waals surface area contributed by atoms with E-state index >= 15 is 0 Å². The number of rotatable bonds is 3. The Balaban J connectivity index is 1.77. The molecule has 0 aliphatic carbocycles. The van der Waals surface area contributed by atoms with Gasteiger partial charge in [-0.1, -0.05) is 22.0 Å². The fourth-order valence-corrected chi connectivity index (χ4v) is 3.54. The second-order valence-electron chi connectivity index (χ2n) is 4.37. The molecule has 2 aromatic carbocycles. The molecule has 0 radical (unpaired) electrons. The van der Waals surface area contributed by atoms with Gasteiger partial charge in [-0.3, -0.25) is 0 Å². The molecule has 104 valence electrons. The van der Waals surface area contributed by atoms with Crippen molar-refractivity contribution in [2.24, 2.45) is 0 Å². The summed E-state index contributed by atoms with van der Waals surface area (Å²) in [7, 11) is 0. The number of phenolic OH excluding ortho intramolecular Hbond substituents is 1. The number of phenols is 1. The van der Waals surface area contributed by atoms with Crippen molar-refractivity contribution in [2.45, 2.75) is 10.6 Å². The van der Waals surface area contributed by atoms with Crippen molar-refractivity contribution in [3.63, 3.8) is 0 Å². The lowest BCUT2D eigenvalue weighted by Crippen LogP contribution is -2.15. The van der Waals surface area contributed by atoms with E-state index < -0.39 is 0 Å². The van der Waals surface area contributed by atoms with Crippen LogP contribution >= 0.6 is 27.7 Å². The molecule has 2 aromatic rings. The summed E-state index contributed by atoms with van der Waals surface area (Å²) >= 11 is 5.23. The molecule has 3 nitrogen and oxygen atoms in total. The van der Waals surface area contributed by atoms with Gasteiger partial charge in [-0.05, 0) is 35.9 Å². The van der Waals surface area contributed by atoms with Crippen LogP contribution in [0.1, 0.15) is 5.56 Å². The van der Waals surface area contributed by atoms with E-state index in [1.54, 1.807) is 23.9 Å². The molecule has 3 rings (SSSR count). The average molecular weight is 353 g/mol. The van der Waals surface area contributed by atoms with Crippen LogP contribution in [0.15, 0.2) is 45.8 Å². The SMILES string of the molecule is Oc1cccc(SCc2cc3c(cc2Br)OCCO3)c1. The monoisotopic (exact) mass is 352 g/mol. The average Bonchev–Trinajstić information content (AvgIpc) is 2.45. The maximum absolute atomic E-state index is 9.46. The van der Waals surface area contributed by atoms with Gasteiger partial charge in [0, 0.05) is 15.1 Å². The first kappa shape index (κ1) is 13.6. The molecule has 0 saturated carbocycles. The third-order valence-electron chi connectivity index (χ3n) is 2.92. The summed E-state index contributed by atoms with van der Waals surface area (Å²) in [5, 5.41) is 9.46. The Morgan fingerprint density at radius 1 is 1.10 bits per heavy atom. The van der Waals surface area contributed by atoms with Crippen molar-refractivity contribution >= 4 is 27.7 Å². The normalized spacial score (nSPS) is 13.2. The number of halogens is 1. The lowest BCUT2D eigenvalue weighted by molar-refractivity contribution is 0.171. The summed E-state index contributed by atoms with van der Waals surface area (Å²) in [6.45, 7) is 1.19. The Kier molecular flexibility index (Phi) is 4.08. The topological polar surface area (TPSA) is 38.7 Å². The number of benzene rings is 2. The fourth-order valence-electron chi connectivity index (χ4n) is 1.95. The van der Waals surface area contributed by atoms with Gasteiger partial charge in [-0.2, -0.15) is 0 Å². The van der Waals surface area contributed by atoms with Gasteiger partial charge in [0.2, 0.25) is 0 Å². The molecule has 0 aromatic heterocycles. The van der Waals surface area contributed by atoms with Crippen molar-refractivity contribution in [2.75, 3.05) is 13.2 Å². The van der Waals surface area contributed by atoms with Gasteiger partial charge in [0.25, 0.3) is 0 Å². The molecule has 1 aliphatic rings. The zero-order valence-corrected chi connectivity index (χ0v) is 13.0. The molecule has 1 N–H and O–H groups in total. The van der Waals surface area contributed by atoms with Gasteiger partial charge < -0.3 is 14.6 Å². The van der Waals surface area contributed by atoms with E-state index in [0.29, 0.717) is 13.2 Å². The first-order valence-corrected chi connectivity index (χ1v) is 8.00. The van der Waals surface area contributed by atoms with Gasteiger partial charge in [-0.15, -0.1) is 11.8 Å². The first-order chi connectivity index (χ1) is 9.72. The number of fused-ring (bicyclic) bond motifs is 1. The molecule has 5 heteroatoms. The Labute approximate surface area is 130 Å². The van der Waals surface area contributed by atoms with E-state index in [9.17, 15) is 5.11 Å². The molecule has 0 spiro atoms. The van der Waals surface area contributed by atoms with Crippen molar-refractivity contribution in [1.82, 2.24) is 0 Å². The Morgan fingerprint density at radius 2 is 1.85 bits per heavy atom. The molecule has 0 saturated heterocycles. The molecule has 1 heterocycles. The lowest BCUT2D eigenvalue weighted by Gasteiger charge is -2.19. The van der Waals surface area contributed by atoms with Crippen LogP contribution in [0, 0.1) is 0 Å². The number of hydrogen-bond acceptors (Lipinski definition) is 4. The number of aromatic hydroxyl groups is 1. The summed E-state index contributed by atoms with van der Waals surface area (Å²) in [5.41, 5.74) is 1.14. The molecular weight excluding hydrogens is 340 g/mol. The highest BCUT2D eigenvalue weighted by atomic mass is 79.9. The molecular formula is C15H13BrO3S. The van der Waals surface area contributed by atoms with Crippen LogP contribution in [-0.4, -0.2) is 18.3 Å². The number of ether oxygens (including phenoxy) is 2. The third kappa shape index (κ3) is 3.04. The smallest absolute Gasteiger partial charge is 0.162 e. The zero-order chi connectivity index (χ0) is 13.9. The second-order valence-corrected chi connectivity index (χ2v) is 6.28. The zero-order valence-electron chi connectivity index (χ0n) is 10.6. The summed E-state index contributed by atoms with van der Waals surface area (Å²) in [5.74, 6) is 2.66. The number of thioether (sulfide) groups is 1. The first-order valence-electron chi connectivity index (χ1n) is 6.22. The number of hydrogen-bond donors (Lipinski definition) is 1. The largest absolute Gasteiger partial charge is 0.508 e. The standard InChI is InChI=1S/C15H13BrO3S/c16-13-8-15-14(18-4-5-19-15)6-10(13)9-20-12-3-1-2-11(17)7-12/h1-3,6-8,17H,4-5,9H2. The predicted octanol–water partition coefficient (Wildman–Crippen LogP) is 4.22. The van der Waals surface area contributed by atoms with Crippen LogP contribution in [0.25, 0.3) is 0 Å². The Bertz CT molecular complexity index is 631. The van der Waals surface area contributed by atoms with Crippen LogP contribution in [-0.2, 0) is 5.75 Å². The molecule has 0 unspecified atom stereocenters. The Hall–Kier alpha value is -1.33. The molecule has 1 aliphatic heterocycles. The van der Waals surface area contributed by atoms with E-state index in [0.717, 1.165) is 32.2 Å². The molecule has 20 heavy (non-hydrogen) atoms. The van der Waals surface area contributed by atoms with E-state index in [1.807, 2.05) is 24.3 Å². The minimum absolute atomic E-state index is 0.288. The lowest BCUT2D eigenvalue weighted by atomic mass is 10.2. The van der Waals surface area contributed by atoms with Crippen molar-refractivity contribution in [3.8, 4) is 17.2 Å². The Morgan fingerprint density at radius 3 is 2.60 bits per heavy atom. The molecule has 0 bridgehead atoms. The minimum Gasteiger partial charge on any atom is -0.508 e.